The first-order valence-corrected chi connectivity index (χ1v) is 8.94. The smallest absolute Gasteiger partial charge is 0.259 e. The number of ether oxygens (including phenoxy) is 1. The van der Waals surface area contributed by atoms with Gasteiger partial charge in [0.25, 0.3) is 5.91 Å². The number of anilines is 1. The summed E-state index contributed by atoms with van der Waals surface area (Å²) in [5.41, 5.74) is 0.777. The summed E-state index contributed by atoms with van der Waals surface area (Å²) in [5, 5.41) is 16.2. The number of rotatable bonds is 6. The van der Waals surface area contributed by atoms with Crippen LogP contribution < -0.4 is 5.32 Å². The van der Waals surface area contributed by atoms with E-state index in [0.717, 1.165) is 5.56 Å². The van der Waals surface area contributed by atoms with E-state index in [-0.39, 0.29) is 17.9 Å². The molecule has 1 aromatic heterocycles. The molecule has 1 atom stereocenters. The van der Waals surface area contributed by atoms with E-state index in [0.29, 0.717) is 31.7 Å². The number of aliphatic hydroxyl groups is 1. The van der Waals surface area contributed by atoms with Gasteiger partial charge in [0.15, 0.2) is 6.10 Å². The normalized spacial score (nSPS) is 16.1. The van der Waals surface area contributed by atoms with E-state index in [2.05, 4.69) is 10.4 Å². The molecule has 0 spiro atoms. The van der Waals surface area contributed by atoms with Gasteiger partial charge in [0.2, 0.25) is 5.91 Å². The van der Waals surface area contributed by atoms with Gasteiger partial charge in [0.05, 0.1) is 12.2 Å². The van der Waals surface area contributed by atoms with Gasteiger partial charge in [-0.05, 0) is 18.4 Å². The van der Waals surface area contributed by atoms with Gasteiger partial charge in [-0.3, -0.25) is 9.59 Å². The summed E-state index contributed by atoms with van der Waals surface area (Å²) in [7, 11) is 1.50. The fourth-order valence-corrected chi connectivity index (χ4v) is 3.38. The Kier molecular flexibility index (Phi) is 6.20. The van der Waals surface area contributed by atoms with Crippen molar-refractivity contribution in [1.29, 1.82) is 0 Å². The van der Waals surface area contributed by atoms with Crippen molar-refractivity contribution in [1.82, 2.24) is 14.7 Å². The van der Waals surface area contributed by atoms with E-state index in [9.17, 15) is 9.59 Å². The zero-order chi connectivity index (χ0) is 19.2. The van der Waals surface area contributed by atoms with E-state index in [4.69, 9.17) is 9.84 Å². The predicted octanol–water partition coefficient (Wildman–Crippen LogP) is 1.37. The van der Waals surface area contributed by atoms with Crippen LogP contribution in [0.15, 0.2) is 42.6 Å². The van der Waals surface area contributed by atoms with E-state index in [1.165, 1.54) is 7.11 Å². The average molecular weight is 372 g/mol. The SMILES string of the molecule is CO[C@H](C(=O)Nc1ccnn1C1CCN(C(=O)CO)CC1)c1ccccc1. The summed E-state index contributed by atoms with van der Waals surface area (Å²) in [6.07, 6.45) is 2.36. The molecule has 144 valence electrons. The fraction of sp³-hybridized carbons (Fsp3) is 0.421. The van der Waals surface area contributed by atoms with Crippen LogP contribution in [0.1, 0.15) is 30.6 Å². The molecule has 3 rings (SSSR count). The molecule has 1 saturated heterocycles. The molecule has 1 aromatic carbocycles. The number of nitrogens with zero attached hydrogens (tertiary/aromatic N) is 3. The number of methoxy groups -OCH3 is 1. The lowest BCUT2D eigenvalue weighted by Gasteiger charge is -2.32. The Morgan fingerprint density at radius 3 is 2.59 bits per heavy atom. The molecule has 8 heteroatoms. The maximum absolute atomic E-state index is 12.7. The first kappa shape index (κ1) is 19.1. The molecule has 0 aliphatic carbocycles. The lowest BCUT2D eigenvalue weighted by Crippen LogP contribution is -2.40. The number of hydrogen-bond acceptors (Lipinski definition) is 5. The number of carbonyl (C=O) groups is 2. The second-order valence-electron chi connectivity index (χ2n) is 6.45. The van der Waals surface area contributed by atoms with Crippen LogP contribution in [0.3, 0.4) is 0 Å². The molecule has 1 aliphatic heterocycles. The number of likely N-dealkylation sites (tertiary alicyclic amines) is 1. The molecule has 1 aliphatic rings. The third-order valence-electron chi connectivity index (χ3n) is 4.80. The summed E-state index contributed by atoms with van der Waals surface area (Å²) < 4.78 is 7.16. The van der Waals surface area contributed by atoms with Gasteiger partial charge < -0.3 is 20.1 Å². The molecule has 0 bridgehead atoms. The minimum atomic E-state index is -0.710. The van der Waals surface area contributed by atoms with Crippen LogP contribution in [-0.2, 0) is 14.3 Å². The van der Waals surface area contributed by atoms with Gasteiger partial charge in [0, 0.05) is 26.3 Å². The minimum Gasteiger partial charge on any atom is -0.387 e. The highest BCUT2D eigenvalue weighted by Gasteiger charge is 2.26. The maximum Gasteiger partial charge on any atom is 0.259 e. The summed E-state index contributed by atoms with van der Waals surface area (Å²) in [6.45, 7) is 0.648. The molecular formula is C19H24N4O4. The van der Waals surface area contributed by atoms with Crippen molar-refractivity contribution in [3.63, 3.8) is 0 Å². The first-order chi connectivity index (χ1) is 13.1. The molecule has 0 radical (unpaired) electrons. The summed E-state index contributed by atoms with van der Waals surface area (Å²) in [6, 6.07) is 11.1. The highest BCUT2D eigenvalue weighted by molar-refractivity contribution is 5.94. The van der Waals surface area contributed by atoms with Crippen LogP contribution in [-0.4, -0.2) is 58.4 Å². The van der Waals surface area contributed by atoms with E-state index in [1.807, 2.05) is 30.3 Å². The van der Waals surface area contributed by atoms with Crippen LogP contribution in [0.25, 0.3) is 0 Å². The van der Waals surface area contributed by atoms with Crippen molar-refractivity contribution in [3.8, 4) is 0 Å². The average Bonchev–Trinajstić information content (AvgIpc) is 3.17. The topological polar surface area (TPSA) is 96.7 Å². The number of aromatic nitrogens is 2. The molecule has 2 N–H and O–H groups in total. The number of amides is 2. The molecule has 1 fully saturated rings. The van der Waals surface area contributed by atoms with Crippen LogP contribution in [0, 0.1) is 0 Å². The number of piperidine rings is 1. The Balaban J connectivity index is 1.67. The molecule has 27 heavy (non-hydrogen) atoms. The maximum atomic E-state index is 12.7. The van der Waals surface area contributed by atoms with Gasteiger partial charge >= 0.3 is 0 Å². The zero-order valence-corrected chi connectivity index (χ0v) is 15.2. The molecule has 2 heterocycles. The number of aliphatic hydroxyl groups excluding tert-OH is 1. The van der Waals surface area contributed by atoms with Crippen molar-refractivity contribution in [2.75, 3.05) is 32.1 Å². The molecular weight excluding hydrogens is 348 g/mol. The van der Waals surface area contributed by atoms with E-state index < -0.39 is 12.7 Å². The van der Waals surface area contributed by atoms with Crippen molar-refractivity contribution in [2.24, 2.45) is 0 Å². The van der Waals surface area contributed by atoms with Crippen LogP contribution in [0.4, 0.5) is 5.82 Å². The van der Waals surface area contributed by atoms with Gasteiger partial charge in [-0.25, -0.2) is 4.68 Å². The summed E-state index contributed by atoms with van der Waals surface area (Å²) >= 11 is 0. The second kappa shape index (κ2) is 8.79. The minimum absolute atomic E-state index is 0.0794. The Morgan fingerprint density at radius 1 is 1.26 bits per heavy atom. The highest BCUT2D eigenvalue weighted by atomic mass is 16.5. The Hall–Kier alpha value is -2.71. The lowest BCUT2D eigenvalue weighted by molar-refractivity contribution is -0.135. The fourth-order valence-electron chi connectivity index (χ4n) is 3.38. The monoisotopic (exact) mass is 372 g/mol. The molecule has 0 unspecified atom stereocenters. The predicted molar refractivity (Wildman–Crippen MR) is 99.0 cm³/mol. The second-order valence-corrected chi connectivity index (χ2v) is 6.45. The van der Waals surface area contributed by atoms with Crippen LogP contribution in [0.2, 0.25) is 0 Å². The van der Waals surface area contributed by atoms with Crippen molar-refractivity contribution >= 4 is 17.6 Å². The van der Waals surface area contributed by atoms with E-state index >= 15 is 0 Å². The lowest BCUT2D eigenvalue weighted by atomic mass is 10.1. The standard InChI is InChI=1S/C19H24N4O4/c1-27-18(14-5-3-2-4-6-14)19(26)21-16-7-10-20-23(16)15-8-11-22(12-9-15)17(25)13-24/h2-7,10,15,18,24H,8-9,11-13H2,1H3,(H,21,26)/t18-/m0/s1. The third kappa shape index (κ3) is 4.35. The third-order valence-corrected chi connectivity index (χ3v) is 4.80. The molecule has 2 amide bonds. The number of hydrogen-bond donors (Lipinski definition) is 2. The Bertz CT molecular complexity index is 769. The number of benzene rings is 1. The summed E-state index contributed by atoms with van der Waals surface area (Å²) in [5.74, 6) is 0.0801. The summed E-state index contributed by atoms with van der Waals surface area (Å²) in [4.78, 5) is 25.9. The number of nitrogens with one attached hydrogen (secondary N) is 1. The Morgan fingerprint density at radius 2 is 1.96 bits per heavy atom. The van der Waals surface area contributed by atoms with Crippen LogP contribution >= 0.6 is 0 Å². The molecule has 0 saturated carbocycles. The van der Waals surface area contributed by atoms with Crippen LogP contribution in [0.5, 0.6) is 0 Å². The van der Waals surface area contributed by atoms with Crippen molar-refractivity contribution in [3.05, 3.63) is 48.2 Å². The van der Waals surface area contributed by atoms with E-state index in [1.54, 1.807) is 21.8 Å². The first-order valence-electron chi connectivity index (χ1n) is 8.94. The van der Waals surface area contributed by atoms with Crippen molar-refractivity contribution < 1.29 is 19.4 Å². The van der Waals surface area contributed by atoms with Gasteiger partial charge in [0.1, 0.15) is 12.4 Å². The Labute approximate surface area is 157 Å². The molecule has 2 aromatic rings. The largest absolute Gasteiger partial charge is 0.387 e. The number of carbonyl (C=O) groups excluding carboxylic acids is 2. The zero-order valence-electron chi connectivity index (χ0n) is 15.2. The quantitative estimate of drug-likeness (QED) is 0.798. The van der Waals surface area contributed by atoms with Gasteiger partial charge in [-0.2, -0.15) is 5.10 Å². The highest BCUT2D eigenvalue weighted by Crippen LogP contribution is 2.26. The van der Waals surface area contributed by atoms with Gasteiger partial charge in [-0.1, -0.05) is 30.3 Å². The molecule has 8 nitrogen and oxygen atoms in total. The van der Waals surface area contributed by atoms with Gasteiger partial charge in [-0.15, -0.1) is 0 Å². The van der Waals surface area contributed by atoms with Crippen molar-refractivity contribution in [2.45, 2.75) is 25.0 Å².